The predicted molar refractivity (Wildman–Crippen MR) is 85.4 cm³/mol. The average molecular weight is 276 g/mol. The Hall–Kier alpha value is -1.22. The summed E-state index contributed by atoms with van der Waals surface area (Å²) in [7, 11) is 0. The molecule has 0 radical (unpaired) electrons. The minimum absolute atomic E-state index is 0.383. The molecule has 20 heavy (non-hydrogen) atoms. The van der Waals surface area contributed by atoms with E-state index in [9.17, 15) is 0 Å². The minimum atomic E-state index is 0.383. The van der Waals surface area contributed by atoms with Crippen molar-refractivity contribution in [2.24, 2.45) is 11.7 Å². The van der Waals surface area contributed by atoms with Crippen LogP contribution in [0.25, 0.3) is 0 Å². The van der Waals surface area contributed by atoms with E-state index in [0.29, 0.717) is 12.0 Å². The van der Waals surface area contributed by atoms with Crippen LogP contribution < -0.4 is 15.4 Å². The normalized spacial score (nSPS) is 16.7. The first-order valence-corrected chi connectivity index (χ1v) is 7.96. The summed E-state index contributed by atoms with van der Waals surface area (Å²) >= 11 is 0. The van der Waals surface area contributed by atoms with Crippen LogP contribution in [0.15, 0.2) is 24.3 Å². The molecule has 1 fully saturated rings. The molecule has 0 aliphatic carbocycles. The molecule has 0 atom stereocenters. The maximum atomic E-state index is 5.95. The smallest absolute Gasteiger partial charge is 0.119 e. The first kappa shape index (κ1) is 15.2. The van der Waals surface area contributed by atoms with Crippen LogP contribution in [0.5, 0.6) is 5.75 Å². The van der Waals surface area contributed by atoms with Gasteiger partial charge in [-0.3, -0.25) is 0 Å². The molecule has 1 saturated heterocycles. The molecule has 0 saturated carbocycles. The summed E-state index contributed by atoms with van der Waals surface area (Å²) in [5.41, 5.74) is 7.23. The minimum Gasteiger partial charge on any atom is -0.493 e. The first-order valence-electron chi connectivity index (χ1n) is 7.96. The number of piperidine rings is 1. The number of nitrogens with two attached hydrogens (primary N) is 1. The van der Waals surface area contributed by atoms with Crippen LogP contribution in [-0.2, 0) is 0 Å². The number of nitrogens with zero attached hydrogens (tertiary/aromatic N) is 1. The Balaban J connectivity index is 1.86. The lowest BCUT2D eigenvalue weighted by Crippen LogP contribution is -2.39. The highest BCUT2D eigenvalue weighted by molar-refractivity contribution is 5.49. The molecule has 112 valence electrons. The van der Waals surface area contributed by atoms with Crippen LogP contribution in [0.1, 0.15) is 39.5 Å². The highest BCUT2D eigenvalue weighted by atomic mass is 16.5. The van der Waals surface area contributed by atoms with Crippen LogP contribution in [0, 0.1) is 5.92 Å². The van der Waals surface area contributed by atoms with E-state index in [2.05, 4.69) is 43.0 Å². The van der Waals surface area contributed by atoms with Crippen LogP contribution in [0.4, 0.5) is 5.69 Å². The Morgan fingerprint density at radius 1 is 1.15 bits per heavy atom. The van der Waals surface area contributed by atoms with E-state index in [0.717, 1.165) is 38.3 Å². The van der Waals surface area contributed by atoms with Crippen LogP contribution in [0.2, 0.25) is 0 Å². The third-order valence-electron chi connectivity index (χ3n) is 4.38. The Morgan fingerprint density at radius 3 is 2.30 bits per heavy atom. The lowest BCUT2D eigenvalue weighted by Gasteiger charge is -2.32. The van der Waals surface area contributed by atoms with Crippen molar-refractivity contribution in [1.29, 1.82) is 0 Å². The number of ether oxygens (including phenoxy) is 1. The predicted octanol–water partition coefficient (Wildman–Crippen LogP) is 3.43. The Kier molecular flexibility index (Phi) is 5.72. The molecule has 1 aromatic carbocycles. The van der Waals surface area contributed by atoms with Gasteiger partial charge in [-0.25, -0.2) is 0 Å². The number of benzene rings is 1. The molecule has 2 rings (SSSR count). The summed E-state index contributed by atoms with van der Waals surface area (Å²) in [4.78, 5) is 2.41. The number of hydrogen-bond donors (Lipinski definition) is 1. The molecular weight excluding hydrogens is 248 g/mol. The van der Waals surface area contributed by atoms with Gasteiger partial charge in [-0.1, -0.05) is 26.7 Å². The van der Waals surface area contributed by atoms with E-state index in [1.165, 1.54) is 18.5 Å². The summed E-state index contributed by atoms with van der Waals surface area (Å²) in [6.07, 6.45) is 4.55. The average Bonchev–Trinajstić information content (AvgIpc) is 2.50. The van der Waals surface area contributed by atoms with Crippen LogP contribution >= 0.6 is 0 Å². The van der Waals surface area contributed by atoms with Gasteiger partial charge < -0.3 is 15.4 Å². The summed E-state index contributed by atoms with van der Waals surface area (Å²) in [5.74, 6) is 1.65. The van der Waals surface area contributed by atoms with Gasteiger partial charge in [0.2, 0.25) is 0 Å². The van der Waals surface area contributed by atoms with Crippen molar-refractivity contribution >= 4 is 5.69 Å². The van der Waals surface area contributed by atoms with Gasteiger partial charge in [0, 0.05) is 24.8 Å². The topological polar surface area (TPSA) is 38.5 Å². The van der Waals surface area contributed by atoms with Gasteiger partial charge in [0.15, 0.2) is 0 Å². The van der Waals surface area contributed by atoms with Crippen molar-refractivity contribution in [1.82, 2.24) is 0 Å². The van der Waals surface area contributed by atoms with E-state index in [-0.39, 0.29) is 0 Å². The van der Waals surface area contributed by atoms with Crippen LogP contribution in [0.3, 0.4) is 0 Å². The lowest BCUT2D eigenvalue weighted by atomic mass is 10.1. The van der Waals surface area contributed by atoms with Gasteiger partial charge in [-0.05, 0) is 43.0 Å². The monoisotopic (exact) mass is 276 g/mol. The summed E-state index contributed by atoms with van der Waals surface area (Å²) < 4.78 is 5.87. The zero-order chi connectivity index (χ0) is 14.4. The number of rotatable bonds is 6. The second-order valence-electron chi connectivity index (χ2n) is 5.81. The third kappa shape index (κ3) is 4.14. The Labute approximate surface area is 123 Å². The van der Waals surface area contributed by atoms with Crippen molar-refractivity contribution in [3.05, 3.63) is 24.3 Å². The van der Waals surface area contributed by atoms with Gasteiger partial charge in [0.05, 0.1) is 6.61 Å². The van der Waals surface area contributed by atoms with E-state index >= 15 is 0 Å². The second-order valence-corrected chi connectivity index (χ2v) is 5.81. The molecule has 0 aromatic heterocycles. The molecule has 0 unspecified atom stereocenters. The number of hydrogen-bond acceptors (Lipinski definition) is 3. The molecular formula is C17H28N2O. The van der Waals surface area contributed by atoms with E-state index in [1.807, 2.05) is 0 Å². The fourth-order valence-electron chi connectivity index (χ4n) is 2.65. The fraction of sp³-hybridized carbons (Fsp3) is 0.647. The summed E-state index contributed by atoms with van der Waals surface area (Å²) in [6.45, 7) is 7.40. The van der Waals surface area contributed by atoms with Crippen molar-refractivity contribution < 1.29 is 4.74 Å². The fourth-order valence-corrected chi connectivity index (χ4v) is 2.65. The summed E-state index contributed by atoms with van der Waals surface area (Å²) in [5, 5.41) is 0. The van der Waals surface area contributed by atoms with Gasteiger partial charge in [-0.2, -0.15) is 0 Å². The lowest BCUT2D eigenvalue weighted by molar-refractivity contribution is 0.240. The van der Waals surface area contributed by atoms with Crippen molar-refractivity contribution in [2.75, 3.05) is 24.6 Å². The molecule has 1 aliphatic rings. The third-order valence-corrected chi connectivity index (χ3v) is 4.38. The standard InChI is InChI=1S/C17H28N2O/c1-3-14(4-2)13-20-17-7-5-16(6-8-17)19-11-9-15(18)10-12-19/h5-8,14-15H,3-4,9-13,18H2,1-2H3. The van der Waals surface area contributed by atoms with E-state index in [1.54, 1.807) is 0 Å². The molecule has 0 amide bonds. The van der Waals surface area contributed by atoms with Crippen molar-refractivity contribution in [2.45, 2.75) is 45.6 Å². The quantitative estimate of drug-likeness (QED) is 0.865. The second kappa shape index (κ2) is 7.53. The van der Waals surface area contributed by atoms with Crippen LogP contribution in [-0.4, -0.2) is 25.7 Å². The zero-order valence-electron chi connectivity index (χ0n) is 12.8. The van der Waals surface area contributed by atoms with Gasteiger partial charge >= 0.3 is 0 Å². The first-order chi connectivity index (χ1) is 9.72. The van der Waals surface area contributed by atoms with E-state index < -0.39 is 0 Å². The van der Waals surface area contributed by atoms with Gasteiger partial charge in [-0.15, -0.1) is 0 Å². The maximum Gasteiger partial charge on any atom is 0.119 e. The molecule has 2 N–H and O–H groups in total. The Morgan fingerprint density at radius 2 is 1.75 bits per heavy atom. The van der Waals surface area contributed by atoms with Gasteiger partial charge in [0.1, 0.15) is 5.75 Å². The zero-order valence-corrected chi connectivity index (χ0v) is 12.8. The summed E-state index contributed by atoms with van der Waals surface area (Å²) in [6, 6.07) is 8.89. The highest BCUT2D eigenvalue weighted by Gasteiger charge is 2.16. The molecule has 1 heterocycles. The molecule has 1 aliphatic heterocycles. The largest absolute Gasteiger partial charge is 0.493 e. The SMILES string of the molecule is CCC(CC)COc1ccc(N2CCC(N)CC2)cc1. The number of anilines is 1. The molecule has 3 heteroatoms. The van der Waals surface area contributed by atoms with Gasteiger partial charge in [0.25, 0.3) is 0 Å². The maximum absolute atomic E-state index is 5.95. The Bertz CT molecular complexity index is 378. The molecule has 3 nitrogen and oxygen atoms in total. The molecule has 0 bridgehead atoms. The van der Waals surface area contributed by atoms with E-state index in [4.69, 9.17) is 10.5 Å². The molecule has 0 spiro atoms. The highest BCUT2D eigenvalue weighted by Crippen LogP contribution is 2.23. The molecule has 1 aromatic rings. The van der Waals surface area contributed by atoms with Crippen molar-refractivity contribution in [3.63, 3.8) is 0 Å². The van der Waals surface area contributed by atoms with Crippen molar-refractivity contribution in [3.8, 4) is 5.75 Å².